The fraction of sp³-hybridized carbons (Fsp3) is 0.200. The lowest BCUT2D eigenvalue weighted by Crippen LogP contribution is -2.17. The number of hydrogen-bond acceptors (Lipinski definition) is 2. The van der Waals surface area contributed by atoms with E-state index in [1.165, 1.54) is 6.07 Å². The molecule has 0 aliphatic carbocycles. The van der Waals surface area contributed by atoms with Gasteiger partial charge < -0.3 is 9.67 Å². The highest BCUT2D eigenvalue weighted by Gasteiger charge is 2.10. The maximum Gasteiger partial charge on any atom is 0.308 e. The number of aromatic nitrogens is 1. The predicted molar refractivity (Wildman–Crippen MR) is 77.9 cm³/mol. The fourth-order valence-corrected chi connectivity index (χ4v) is 2.34. The molecule has 0 aliphatic rings. The number of hydrogen-bond donors (Lipinski definition) is 1. The van der Waals surface area contributed by atoms with Crippen LogP contribution in [0, 0.1) is 13.8 Å². The van der Waals surface area contributed by atoms with Crippen molar-refractivity contribution in [3.05, 3.63) is 62.5 Å². The second-order valence-corrected chi connectivity index (χ2v) is 5.11. The van der Waals surface area contributed by atoms with Gasteiger partial charge >= 0.3 is 5.97 Å². The van der Waals surface area contributed by atoms with E-state index in [0.29, 0.717) is 5.02 Å². The van der Waals surface area contributed by atoms with Gasteiger partial charge in [-0.2, -0.15) is 0 Å². The summed E-state index contributed by atoms with van der Waals surface area (Å²) in [5.74, 6) is -1.02. The summed E-state index contributed by atoms with van der Waals surface area (Å²) in [7, 11) is 0. The van der Waals surface area contributed by atoms with Crippen LogP contribution in [0.4, 0.5) is 0 Å². The molecule has 0 bridgehead atoms. The van der Waals surface area contributed by atoms with Crippen LogP contribution in [0.2, 0.25) is 5.02 Å². The molecule has 0 aliphatic heterocycles. The van der Waals surface area contributed by atoms with Gasteiger partial charge in [0.2, 0.25) is 0 Å². The molecule has 0 radical (unpaired) electrons. The molecule has 104 valence electrons. The molecule has 20 heavy (non-hydrogen) atoms. The molecule has 0 atom stereocenters. The van der Waals surface area contributed by atoms with Gasteiger partial charge in [0, 0.05) is 34.2 Å². The molecular weight excluding hydrogens is 278 g/mol. The number of aryl methyl sites for hydroxylation is 2. The molecule has 0 amide bonds. The van der Waals surface area contributed by atoms with Crippen LogP contribution < -0.4 is 5.43 Å². The van der Waals surface area contributed by atoms with E-state index >= 15 is 0 Å². The van der Waals surface area contributed by atoms with E-state index in [9.17, 15) is 9.59 Å². The van der Waals surface area contributed by atoms with Crippen molar-refractivity contribution in [2.24, 2.45) is 0 Å². The maximum atomic E-state index is 11.8. The quantitative estimate of drug-likeness (QED) is 0.946. The van der Waals surface area contributed by atoms with E-state index in [1.54, 1.807) is 19.2 Å². The van der Waals surface area contributed by atoms with E-state index in [2.05, 4.69) is 0 Å². The Kier molecular flexibility index (Phi) is 3.95. The number of nitrogens with zero attached hydrogens (tertiary/aromatic N) is 1. The van der Waals surface area contributed by atoms with Crippen molar-refractivity contribution in [2.75, 3.05) is 0 Å². The number of rotatable bonds is 3. The topological polar surface area (TPSA) is 59.3 Å². The molecule has 4 nitrogen and oxygen atoms in total. The Morgan fingerprint density at radius 1 is 1.30 bits per heavy atom. The second-order valence-electron chi connectivity index (χ2n) is 4.68. The first-order valence-electron chi connectivity index (χ1n) is 6.09. The third-order valence-electron chi connectivity index (χ3n) is 3.08. The van der Waals surface area contributed by atoms with Gasteiger partial charge in [-0.1, -0.05) is 11.6 Å². The molecule has 0 unspecified atom stereocenters. The summed E-state index contributed by atoms with van der Waals surface area (Å²) in [4.78, 5) is 22.6. The largest absolute Gasteiger partial charge is 0.481 e. The summed E-state index contributed by atoms with van der Waals surface area (Å²) in [6, 6.07) is 6.88. The highest BCUT2D eigenvalue weighted by Crippen LogP contribution is 2.20. The van der Waals surface area contributed by atoms with Gasteiger partial charge in [-0.25, -0.2) is 0 Å². The minimum atomic E-state index is -1.02. The van der Waals surface area contributed by atoms with Gasteiger partial charge in [0.25, 0.3) is 0 Å². The zero-order valence-corrected chi connectivity index (χ0v) is 11.9. The van der Waals surface area contributed by atoms with Crippen LogP contribution in [-0.4, -0.2) is 15.6 Å². The second kappa shape index (κ2) is 5.51. The summed E-state index contributed by atoms with van der Waals surface area (Å²) in [6.07, 6.45) is 1.30. The van der Waals surface area contributed by atoms with Crippen LogP contribution in [-0.2, 0) is 11.2 Å². The summed E-state index contributed by atoms with van der Waals surface area (Å²) >= 11 is 5.93. The Labute approximate surface area is 121 Å². The lowest BCUT2D eigenvalue weighted by Gasteiger charge is -2.15. The number of carbonyl (C=O) groups is 1. The molecule has 0 spiro atoms. The van der Waals surface area contributed by atoms with Crippen LogP contribution in [0.5, 0.6) is 0 Å². The van der Waals surface area contributed by atoms with E-state index in [1.807, 2.05) is 23.6 Å². The number of benzene rings is 1. The number of halogens is 1. The van der Waals surface area contributed by atoms with Crippen LogP contribution in [0.15, 0.2) is 35.3 Å². The Morgan fingerprint density at radius 2 is 2.00 bits per heavy atom. The third-order valence-corrected chi connectivity index (χ3v) is 3.32. The van der Waals surface area contributed by atoms with Crippen molar-refractivity contribution in [1.82, 2.24) is 4.57 Å². The smallest absolute Gasteiger partial charge is 0.308 e. The maximum absolute atomic E-state index is 11.8. The molecule has 5 heteroatoms. The monoisotopic (exact) mass is 291 g/mol. The Hall–Kier alpha value is -2.07. The lowest BCUT2D eigenvalue weighted by molar-refractivity contribution is -0.136. The molecule has 1 aromatic heterocycles. The molecule has 2 rings (SSSR count). The molecule has 1 heterocycles. The summed E-state index contributed by atoms with van der Waals surface area (Å²) < 4.78 is 1.81. The molecule has 1 N–H and O–H groups in total. The number of carboxylic acid groups (broad SMARTS) is 1. The van der Waals surface area contributed by atoms with Crippen molar-refractivity contribution in [1.29, 1.82) is 0 Å². The van der Waals surface area contributed by atoms with E-state index < -0.39 is 5.97 Å². The van der Waals surface area contributed by atoms with Gasteiger partial charge in [-0.05, 0) is 37.6 Å². The van der Waals surface area contributed by atoms with Gasteiger partial charge in [0.15, 0.2) is 5.43 Å². The minimum absolute atomic E-state index is 0.257. The SMILES string of the molecule is Cc1cc(Cl)ccc1-n1cc(CC(=O)O)c(=O)cc1C. The van der Waals surface area contributed by atoms with Crippen molar-refractivity contribution in [3.63, 3.8) is 0 Å². The van der Waals surface area contributed by atoms with Crippen molar-refractivity contribution < 1.29 is 9.90 Å². The molecule has 0 saturated heterocycles. The normalized spacial score (nSPS) is 10.6. The van der Waals surface area contributed by atoms with Crippen LogP contribution in [0.3, 0.4) is 0 Å². The van der Waals surface area contributed by atoms with Crippen molar-refractivity contribution in [2.45, 2.75) is 20.3 Å². The molecule has 2 aromatic rings. The summed E-state index contributed by atoms with van der Waals surface area (Å²) in [6.45, 7) is 3.72. The zero-order chi connectivity index (χ0) is 14.9. The summed E-state index contributed by atoms with van der Waals surface area (Å²) in [5, 5.41) is 9.48. The average molecular weight is 292 g/mol. The van der Waals surface area contributed by atoms with E-state index in [0.717, 1.165) is 16.9 Å². The Morgan fingerprint density at radius 3 is 2.60 bits per heavy atom. The van der Waals surface area contributed by atoms with Crippen LogP contribution in [0.1, 0.15) is 16.8 Å². The number of pyridine rings is 1. The minimum Gasteiger partial charge on any atom is -0.481 e. The third kappa shape index (κ3) is 2.91. The first kappa shape index (κ1) is 14.3. The van der Waals surface area contributed by atoms with Crippen molar-refractivity contribution in [3.8, 4) is 5.69 Å². The molecule has 0 fully saturated rings. The predicted octanol–water partition coefficient (Wildman–Crippen LogP) is 2.73. The van der Waals surface area contributed by atoms with E-state index in [-0.39, 0.29) is 17.4 Å². The summed E-state index contributed by atoms with van der Waals surface area (Å²) in [5.41, 5.74) is 2.57. The Balaban J connectivity index is 2.61. The first-order valence-corrected chi connectivity index (χ1v) is 6.47. The van der Waals surface area contributed by atoms with Gasteiger partial charge in [-0.3, -0.25) is 9.59 Å². The molecule has 0 saturated carbocycles. The van der Waals surface area contributed by atoms with Gasteiger partial charge in [-0.15, -0.1) is 0 Å². The van der Waals surface area contributed by atoms with Crippen LogP contribution in [0.25, 0.3) is 5.69 Å². The van der Waals surface area contributed by atoms with Crippen molar-refractivity contribution >= 4 is 17.6 Å². The highest BCUT2D eigenvalue weighted by atomic mass is 35.5. The van der Waals surface area contributed by atoms with Gasteiger partial charge in [0.05, 0.1) is 6.42 Å². The molecular formula is C15H14ClNO3. The average Bonchev–Trinajstić information content (AvgIpc) is 2.33. The standard InChI is InChI=1S/C15H14ClNO3/c1-9-5-12(16)3-4-13(9)17-8-11(7-15(19)20)14(18)6-10(17)2/h3-6,8H,7H2,1-2H3,(H,19,20). The molecule has 1 aromatic carbocycles. The number of carboxylic acids is 1. The highest BCUT2D eigenvalue weighted by molar-refractivity contribution is 6.30. The van der Waals surface area contributed by atoms with Gasteiger partial charge in [0.1, 0.15) is 0 Å². The fourth-order valence-electron chi connectivity index (χ4n) is 2.12. The lowest BCUT2D eigenvalue weighted by atomic mass is 10.1. The zero-order valence-electron chi connectivity index (χ0n) is 11.2. The Bertz CT molecular complexity index is 734. The van der Waals surface area contributed by atoms with E-state index in [4.69, 9.17) is 16.7 Å². The number of aliphatic carboxylic acids is 1. The van der Waals surface area contributed by atoms with Crippen LogP contribution >= 0.6 is 11.6 Å². The first-order chi connectivity index (χ1) is 9.38.